The summed E-state index contributed by atoms with van der Waals surface area (Å²) >= 11 is 0. The Hall–Kier alpha value is -0.0800. The first-order chi connectivity index (χ1) is 9.25. The van der Waals surface area contributed by atoms with Gasteiger partial charge in [0.05, 0.1) is 6.10 Å². The van der Waals surface area contributed by atoms with Crippen LogP contribution in [0.1, 0.15) is 77.6 Å². The third kappa shape index (κ3) is 2.58. The van der Waals surface area contributed by atoms with Crippen LogP contribution >= 0.6 is 0 Å². The van der Waals surface area contributed by atoms with Gasteiger partial charge in [-0.2, -0.15) is 0 Å². The highest BCUT2D eigenvalue weighted by Gasteiger charge is 2.48. The maximum absolute atomic E-state index is 10.2. The summed E-state index contributed by atoms with van der Waals surface area (Å²) in [5.74, 6) is 0. The number of hydrogen-bond acceptors (Lipinski definition) is 2. The van der Waals surface area contributed by atoms with Crippen molar-refractivity contribution in [3.05, 3.63) is 0 Å². The highest BCUT2D eigenvalue weighted by Crippen LogP contribution is 2.52. The first-order valence-electron chi connectivity index (χ1n) is 8.69. The maximum atomic E-state index is 10.2. The van der Waals surface area contributed by atoms with E-state index in [1.54, 1.807) is 0 Å². The van der Waals surface area contributed by atoms with Crippen molar-refractivity contribution in [1.82, 2.24) is 4.90 Å². The predicted molar refractivity (Wildman–Crippen MR) is 79.2 cm³/mol. The van der Waals surface area contributed by atoms with Crippen LogP contribution in [0.15, 0.2) is 0 Å². The molecule has 1 aliphatic heterocycles. The Balaban J connectivity index is 1.81. The van der Waals surface area contributed by atoms with Crippen molar-refractivity contribution in [2.75, 3.05) is 6.54 Å². The monoisotopic (exact) mass is 265 g/mol. The van der Waals surface area contributed by atoms with Crippen molar-refractivity contribution in [3.8, 4) is 0 Å². The Morgan fingerprint density at radius 1 is 1.05 bits per heavy atom. The van der Waals surface area contributed by atoms with Gasteiger partial charge in [0.25, 0.3) is 0 Å². The van der Waals surface area contributed by atoms with Crippen LogP contribution in [-0.2, 0) is 0 Å². The van der Waals surface area contributed by atoms with Gasteiger partial charge in [-0.15, -0.1) is 0 Å². The third-order valence-corrected chi connectivity index (χ3v) is 6.32. The zero-order valence-electron chi connectivity index (χ0n) is 12.6. The summed E-state index contributed by atoms with van der Waals surface area (Å²) in [6.45, 7) is 3.64. The molecule has 0 aromatic rings. The average Bonchev–Trinajstić information content (AvgIpc) is 2.91. The Morgan fingerprint density at radius 3 is 2.58 bits per heavy atom. The molecule has 3 rings (SSSR count). The minimum atomic E-state index is -0.0318. The van der Waals surface area contributed by atoms with Crippen LogP contribution in [0.2, 0.25) is 0 Å². The Kier molecular flexibility index (Phi) is 4.19. The van der Waals surface area contributed by atoms with E-state index < -0.39 is 0 Å². The van der Waals surface area contributed by atoms with E-state index in [0.717, 1.165) is 18.9 Å². The molecular formula is C17H31NO. The van der Waals surface area contributed by atoms with Gasteiger partial charge >= 0.3 is 0 Å². The van der Waals surface area contributed by atoms with Crippen molar-refractivity contribution in [1.29, 1.82) is 0 Å². The molecule has 19 heavy (non-hydrogen) atoms. The van der Waals surface area contributed by atoms with Crippen LogP contribution in [0.25, 0.3) is 0 Å². The second-order valence-electron chi connectivity index (χ2n) is 7.31. The van der Waals surface area contributed by atoms with Crippen LogP contribution in [0.5, 0.6) is 0 Å². The van der Waals surface area contributed by atoms with Crippen LogP contribution in [0.3, 0.4) is 0 Å². The van der Waals surface area contributed by atoms with E-state index >= 15 is 0 Å². The highest BCUT2D eigenvalue weighted by atomic mass is 16.3. The van der Waals surface area contributed by atoms with Crippen LogP contribution in [-0.4, -0.2) is 34.7 Å². The fourth-order valence-corrected chi connectivity index (χ4v) is 5.27. The van der Waals surface area contributed by atoms with Gasteiger partial charge in [0.1, 0.15) is 0 Å². The van der Waals surface area contributed by atoms with Gasteiger partial charge in [0.15, 0.2) is 0 Å². The largest absolute Gasteiger partial charge is 0.393 e. The predicted octanol–water partition coefficient (Wildman–Crippen LogP) is 3.72. The van der Waals surface area contributed by atoms with Crippen LogP contribution in [0.4, 0.5) is 0 Å². The minimum absolute atomic E-state index is 0.0318. The quantitative estimate of drug-likeness (QED) is 0.822. The zero-order valence-corrected chi connectivity index (χ0v) is 12.6. The molecule has 2 aliphatic carbocycles. The summed E-state index contributed by atoms with van der Waals surface area (Å²) in [6, 6.07) is 1.48. The minimum Gasteiger partial charge on any atom is -0.393 e. The number of piperidine rings is 1. The van der Waals surface area contributed by atoms with Gasteiger partial charge in [-0.1, -0.05) is 26.2 Å². The summed E-state index contributed by atoms with van der Waals surface area (Å²) in [7, 11) is 0. The van der Waals surface area contributed by atoms with Crippen molar-refractivity contribution in [2.45, 2.75) is 95.7 Å². The molecule has 2 saturated carbocycles. The lowest BCUT2D eigenvalue weighted by atomic mass is 9.67. The molecule has 0 amide bonds. The van der Waals surface area contributed by atoms with Gasteiger partial charge in [0.2, 0.25) is 0 Å². The number of likely N-dealkylation sites (tertiary alicyclic amines) is 1. The average molecular weight is 265 g/mol. The summed E-state index contributed by atoms with van der Waals surface area (Å²) in [5.41, 5.74) is 0.573. The molecule has 0 radical (unpaired) electrons. The lowest BCUT2D eigenvalue weighted by Gasteiger charge is -2.52. The molecule has 1 heterocycles. The normalized spacial score (nSPS) is 39.8. The number of hydrogen-bond donors (Lipinski definition) is 1. The standard InChI is InChI=1S/C17H31NO/c1-2-14-7-3-6-12-18(14)16-13-15(19)8-11-17(16)9-4-5-10-17/h14-16,19H,2-13H2,1H3. The van der Waals surface area contributed by atoms with Crippen molar-refractivity contribution in [3.63, 3.8) is 0 Å². The van der Waals surface area contributed by atoms with E-state index in [1.807, 2.05) is 0 Å². The fourth-order valence-electron chi connectivity index (χ4n) is 5.27. The topological polar surface area (TPSA) is 23.5 Å². The van der Waals surface area contributed by atoms with E-state index in [2.05, 4.69) is 11.8 Å². The van der Waals surface area contributed by atoms with Crippen molar-refractivity contribution < 1.29 is 5.11 Å². The van der Waals surface area contributed by atoms with Crippen LogP contribution in [0, 0.1) is 5.41 Å². The van der Waals surface area contributed by atoms with Crippen molar-refractivity contribution in [2.24, 2.45) is 5.41 Å². The molecule has 2 heteroatoms. The van der Waals surface area contributed by atoms with Crippen molar-refractivity contribution >= 4 is 0 Å². The van der Waals surface area contributed by atoms with Gasteiger partial charge < -0.3 is 5.11 Å². The molecule has 2 nitrogen and oxygen atoms in total. The zero-order chi connectivity index (χ0) is 13.3. The number of nitrogens with zero attached hydrogens (tertiary/aromatic N) is 1. The molecule has 0 aromatic carbocycles. The van der Waals surface area contributed by atoms with E-state index in [4.69, 9.17) is 0 Å². The first-order valence-corrected chi connectivity index (χ1v) is 8.69. The van der Waals surface area contributed by atoms with E-state index in [9.17, 15) is 5.11 Å². The third-order valence-electron chi connectivity index (χ3n) is 6.32. The van der Waals surface area contributed by atoms with E-state index in [-0.39, 0.29) is 6.10 Å². The molecule has 1 spiro atoms. The second kappa shape index (κ2) is 5.73. The number of aliphatic hydroxyl groups is 1. The molecule has 0 bridgehead atoms. The Labute approximate surface area is 118 Å². The second-order valence-corrected chi connectivity index (χ2v) is 7.31. The van der Waals surface area contributed by atoms with E-state index in [1.165, 1.54) is 64.3 Å². The summed E-state index contributed by atoms with van der Waals surface area (Å²) in [6.07, 6.45) is 14.5. The highest BCUT2D eigenvalue weighted by molar-refractivity contribution is 5.02. The first kappa shape index (κ1) is 13.9. The Bertz CT molecular complexity index is 298. The van der Waals surface area contributed by atoms with E-state index in [0.29, 0.717) is 11.5 Å². The molecule has 3 atom stereocenters. The molecule has 3 unspecified atom stereocenters. The smallest absolute Gasteiger partial charge is 0.0555 e. The van der Waals surface area contributed by atoms with Gasteiger partial charge in [-0.25, -0.2) is 0 Å². The van der Waals surface area contributed by atoms with Gasteiger partial charge in [-0.05, 0) is 63.3 Å². The molecule has 0 aromatic heterocycles. The molecular weight excluding hydrogens is 234 g/mol. The number of aliphatic hydroxyl groups excluding tert-OH is 1. The summed E-state index contributed by atoms with van der Waals surface area (Å²) < 4.78 is 0. The maximum Gasteiger partial charge on any atom is 0.0555 e. The van der Waals surface area contributed by atoms with Gasteiger partial charge in [-0.3, -0.25) is 4.90 Å². The summed E-state index contributed by atoms with van der Waals surface area (Å²) in [4.78, 5) is 2.83. The van der Waals surface area contributed by atoms with Crippen LogP contribution < -0.4 is 0 Å². The fraction of sp³-hybridized carbons (Fsp3) is 1.00. The molecule has 110 valence electrons. The lowest BCUT2D eigenvalue weighted by molar-refractivity contribution is -0.0538. The lowest BCUT2D eigenvalue weighted by Crippen LogP contribution is -2.56. The Morgan fingerprint density at radius 2 is 1.84 bits per heavy atom. The SMILES string of the molecule is CCC1CCCCN1C1CC(O)CCC12CCCC2. The summed E-state index contributed by atoms with van der Waals surface area (Å²) in [5, 5.41) is 10.2. The molecule has 1 saturated heterocycles. The van der Waals surface area contributed by atoms with Gasteiger partial charge in [0, 0.05) is 12.1 Å². The molecule has 3 aliphatic rings. The molecule has 3 fully saturated rings. The number of rotatable bonds is 2. The molecule has 1 N–H and O–H groups in total.